The summed E-state index contributed by atoms with van der Waals surface area (Å²) in [5.41, 5.74) is 0. The Morgan fingerprint density at radius 1 is 1.21 bits per heavy atom. The molecule has 0 aromatic rings. The highest BCUT2D eigenvalue weighted by molar-refractivity contribution is 6.44. The minimum absolute atomic E-state index is 0.249. The van der Waals surface area contributed by atoms with Crippen LogP contribution in [0.25, 0.3) is 0 Å². The molecule has 0 aromatic carbocycles. The molecule has 14 heavy (non-hydrogen) atoms. The van der Waals surface area contributed by atoms with Crippen LogP contribution in [0, 0.1) is 0 Å². The van der Waals surface area contributed by atoms with Gasteiger partial charge < -0.3 is 14.0 Å². The molecule has 0 saturated heterocycles. The molecule has 0 aromatic heterocycles. The van der Waals surface area contributed by atoms with Crippen molar-refractivity contribution in [3.05, 3.63) is 0 Å². The van der Waals surface area contributed by atoms with E-state index in [0.29, 0.717) is 13.2 Å². The molecule has 5 heteroatoms. The Balaban J connectivity index is 3.44. The van der Waals surface area contributed by atoms with E-state index in [9.17, 15) is 4.79 Å². The number of carbonyl (C=O) groups is 1. The third-order valence-corrected chi connectivity index (χ3v) is 4.08. The second kappa shape index (κ2) is 9.17. The van der Waals surface area contributed by atoms with Crippen LogP contribution in [-0.4, -0.2) is 33.6 Å². The Hall–Kier alpha value is -0.393. The molecule has 0 heterocycles. The van der Waals surface area contributed by atoms with Gasteiger partial charge >= 0.3 is 15.3 Å². The Morgan fingerprint density at radius 2 is 1.79 bits per heavy atom. The molecule has 0 fully saturated rings. The van der Waals surface area contributed by atoms with Gasteiger partial charge in [-0.1, -0.05) is 6.42 Å². The van der Waals surface area contributed by atoms with Crippen molar-refractivity contribution in [2.45, 2.75) is 39.2 Å². The first-order chi connectivity index (χ1) is 6.70. The van der Waals surface area contributed by atoms with E-state index in [1.165, 1.54) is 0 Å². The largest absolute Gasteiger partial charge is 0.481 e. The van der Waals surface area contributed by atoms with Gasteiger partial charge in [0.2, 0.25) is 0 Å². The summed E-state index contributed by atoms with van der Waals surface area (Å²) in [7, 11) is -1.49. The zero-order chi connectivity index (χ0) is 10.8. The Kier molecular flexibility index (Phi) is 8.92. The molecule has 0 spiro atoms. The summed E-state index contributed by atoms with van der Waals surface area (Å²) >= 11 is 0. The number of hydrogen-bond donors (Lipinski definition) is 1. The van der Waals surface area contributed by atoms with Gasteiger partial charge in [-0.15, -0.1) is 0 Å². The van der Waals surface area contributed by atoms with Gasteiger partial charge in [0.25, 0.3) is 0 Å². The first kappa shape index (κ1) is 13.6. The van der Waals surface area contributed by atoms with Crippen molar-refractivity contribution in [1.29, 1.82) is 0 Å². The van der Waals surface area contributed by atoms with E-state index in [4.69, 9.17) is 14.0 Å². The van der Waals surface area contributed by atoms with Gasteiger partial charge in [-0.25, -0.2) is 0 Å². The average Bonchev–Trinajstić information content (AvgIpc) is 2.12. The molecule has 0 amide bonds. The van der Waals surface area contributed by atoms with E-state index in [1.54, 1.807) is 0 Å². The Morgan fingerprint density at radius 3 is 2.21 bits per heavy atom. The molecule has 0 rings (SSSR count). The van der Waals surface area contributed by atoms with Gasteiger partial charge in [-0.2, -0.15) is 0 Å². The van der Waals surface area contributed by atoms with Crippen LogP contribution in [0.1, 0.15) is 33.1 Å². The lowest BCUT2D eigenvalue weighted by molar-refractivity contribution is -0.137. The highest BCUT2D eigenvalue weighted by atomic mass is 28.3. The standard InChI is InChI=1S/C9H20O4Si/c1-3-12-14(13-4-2)8-6-5-7-9(10)11/h14H,3-8H2,1-2H3,(H,10,11). The fourth-order valence-electron chi connectivity index (χ4n) is 1.17. The van der Waals surface area contributed by atoms with Crippen molar-refractivity contribution in [1.82, 2.24) is 0 Å². The molecule has 4 nitrogen and oxygen atoms in total. The van der Waals surface area contributed by atoms with Crippen LogP contribution in [0.3, 0.4) is 0 Å². The molecule has 0 bridgehead atoms. The van der Waals surface area contributed by atoms with Crippen LogP contribution in [0.2, 0.25) is 6.04 Å². The van der Waals surface area contributed by atoms with E-state index in [1.807, 2.05) is 13.8 Å². The van der Waals surface area contributed by atoms with Gasteiger partial charge in [-0.05, 0) is 26.3 Å². The Labute approximate surface area is 87.1 Å². The SMILES string of the molecule is CCO[SiH](CCCCC(=O)O)OCC. The molecular formula is C9H20O4Si. The van der Waals surface area contributed by atoms with Gasteiger partial charge in [-0.3, -0.25) is 4.79 Å². The van der Waals surface area contributed by atoms with Gasteiger partial charge in [0.05, 0.1) is 0 Å². The lowest BCUT2D eigenvalue weighted by Crippen LogP contribution is -2.22. The second-order valence-electron chi connectivity index (χ2n) is 2.98. The number of aliphatic carboxylic acids is 1. The van der Waals surface area contributed by atoms with Crippen LogP contribution in [-0.2, 0) is 13.6 Å². The number of rotatable bonds is 9. The van der Waals surface area contributed by atoms with Crippen molar-refractivity contribution in [2.75, 3.05) is 13.2 Å². The minimum atomic E-state index is -1.49. The van der Waals surface area contributed by atoms with Crippen molar-refractivity contribution in [3.8, 4) is 0 Å². The monoisotopic (exact) mass is 220 g/mol. The summed E-state index contributed by atoms with van der Waals surface area (Å²) in [6.45, 7) is 5.29. The third-order valence-electron chi connectivity index (χ3n) is 1.79. The summed E-state index contributed by atoms with van der Waals surface area (Å²) in [6.07, 6.45) is 1.86. The van der Waals surface area contributed by atoms with Gasteiger partial charge in [0.15, 0.2) is 0 Å². The zero-order valence-electron chi connectivity index (χ0n) is 8.99. The van der Waals surface area contributed by atoms with E-state index < -0.39 is 15.3 Å². The summed E-state index contributed by atoms with van der Waals surface area (Å²) < 4.78 is 10.9. The third kappa shape index (κ3) is 8.22. The highest BCUT2D eigenvalue weighted by Gasteiger charge is 2.11. The second-order valence-corrected chi connectivity index (χ2v) is 5.08. The molecular weight excluding hydrogens is 200 g/mol. The predicted molar refractivity (Wildman–Crippen MR) is 56.7 cm³/mol. The maximum Gasteiger partial charge on any atom is 0.321 e. The molecule has 0 atom stereocenters. The smallest absolute Gasteiger partial charge is 0.321 e. The zero-order valence-corrected chi connectivity index (χ0v) is 10.1. The maximum absolute atomic E-state index is 10.2. The predicted octanol–water partition coefficient (Wildman–Crippen LogP) is 1.53. The quantitative estimate of drug-likeness (QED) is 0.473. The molecule has 1 N–H and O–H groups in total. The number of carboxylic acids is 1. The number of carboxylic acid groups (broad SMARTS) is 1. The van der Waals surface area contributed by atoms with Gasteiger partial charge in [0, 0.05) is 19.6 Å². The van der Waals surface area contributed by atoms with Crippen molar-refractivity contribution < 1.29 is 18.8 Å². The van der Waals surface area contributed by atoms with Crippen LogP contribution in [0.4, 0.5) is 0 Å². The molecule has 0 aliphatic rings. The molecule has 0 aliphatic heterocycles. The maximum atomic E-state index is 10.2. The van der Waals surface area contributed by atoms with E-state index in [2.05, 4.69) is 0 Å². The number of hydrogen-bond acceptors (Lipinski definition) is 3. The molecule has 0 unspecified atom stereocenters. The van der Waals surface area contributed by atoms with Crippen LogP contribution in [0.5, 0.6) is 0 Å². The summed E-state index contributed by atoms with van der Waals surface area (Å²) in [5.74, 6) is -0.726. The highest BCUT2D eigenvalue weighted by Crippen LogP contribution is 2.06. The summed E-state index contributed by atoms with van der Waals surface area (Å²) in [6, 6.07) is 0.912. The van der Waals surface area contributed by atoms with Crippen LogP contribution >= 0.6 is 0 Å². The van der Waals surface area contributed by atoms with Crippen LogP contribution in [0.15, 0.2) is 0 Å². The molecule has 0 radical (unpaired) electrons. The molecule has 0 saturated carbocycles. The van der Waals surface area contributed by atoms with Crippen molar-refractivity contribution in [2.24, 2.45) is 0 Å². The summed E-state index contributed by atoms with van der Waals surface area (Å²) in [4.78, 5) is 10.2. The van der Waals surface area contributed by atoms with Crippen molar-refractivity contribution >= 4 is 15.3 Å². The van der Waals surface area contributed by atoms with Crippen LogP contribution < -0.4 is 0 Å². The fraction of sp³-hybridized carbons (Fsp3) is 0.889. The first-order valence-corrected chi connectivity index (χ1v) is 6.91. The lowest BCUT2D eigenvalue weighted by atomic mass is 10.2. The average molecular weight is 220 g/mol. The minimum Gasteiger partial charge on any atom is -0.481 e. The molecule has 0 aliphatic carbocycles. The Bertz CT molecular complexity index is 146. The van der Waals surface area contributed by atoms with E-state index >= 15 is 0 Å². The fourth-order valence-corrected chi connectivity index (χ4v) is 2.97. The van der Waals surface area contributed by atoms with E-state index in [0.717, 1.165) is 18.9 Å². The first-order valence-electron chi connectivity index (χ1n) is 5.15. The van der Waals surface area contributed by atoms with Gasteiger partial charge in [0.1, 0.15) is 0 Å². The normalized spacial score (nSPS) is 10.8. The lowest BCUT2D eigenvalue weighted by Gasteiger charge is -2.13. The number of unbranched alkanes of at least 4 members (excludes halogenated alkanes) is 1. The molecule has 84 valence electrons. The summed E-state index contributed by atoms with van der Waals surface area (Å²) in [5, 5.41) is 8.43. The van der Waals surface area contributed by atoms with Crippen molar-refractivity contribution in [3.63, 3.8) is 0 Å². The van der Waals surface area contributed by atoms with E-state index in [-0.39, 0.29) is 6.42 Å². The topological polar surface area (TPSA) is 55.8 Å².